The number of likely N-dealkylation sites (tertiary alicyclic amines) is 1. The van der Waals surface area contributed by atoms with E-state index < -0.39 is 29.8 Å². The van der Waals surface area contributed by atoms with Gasteiger partial charge in [0.1, 0.15) is 11.9 Å². The Kier molecular flexibility index (Phi) is 3.29. The summed E-state index contributed by atoms with van der Waals surface area (Å²) in [6.07, 6.45) is -0.919. The smallest absolute Gasteiger partial charge is 0.326 e. The summed E-state index contributed by atoms with van der Waals surface area (Å²) in [7, 11) is 0. The van der Waals surface area contributed by atoms with Crippen molar-refractivity contribution < 1.29 is 24.2 Å². The van der Waals surface area contributed by atoms with Crippen LogP contribution >= 0.6 is 0 Å². The van der Waals surface area contributed by atoms with Crippen LogP contribution in [0.3, 0.4) is 0 Å². The second kappa shape index (κ2) is 4.73. The molecule has 1 heterocycles. The highest BCUT2D eigenvalue weighted by Gasteiger charge is 2.39. The maximum Gasteiger partial charge on any atom is 0.326 e. The molecule has 2 N–H and O–H groups in total. The monoisotopic (exact) mass is 253 g/mol. The van der Waals surface area contributed by atoms with Crippen LogP contribution in [0.4, 0.5) is 4.39 Å². The van der Waals surface area contributed by atoms with Crippen LogP contribution in [0.2, 0.25) is 0 Å². The van der Waals surface area contributed by atoms with Crippen molar-refractivity contribution in [3.05, 3.63) is 35.6 Å². The average molecular weight is 253 g/mol. The highest BCUT2D eigenvalue weighted by molar-refractivity contribution is 5.97. The first kappa shape index (κ1) is 12.5. The van der Waals surface area contributed by atoms with Crippen molar-refractivity contribution in [2.45, 2.75) is 18.6 Å². The fourth-order valence-corrected chi connectivity index (χ4v) is 2.06. The number of carbonyl (C=O) groups is 2. The summed E-state index contributed by atoms with van der Waals surface area (Å²) in [5.74, 6) is -2.61. The zero-order valence-electron chi connectivity index (χ0n) is 9.41. The third-order valence-electron chi connectivity index (χ3n) is 2.93. The Hall–Kier alpha value is -1.95. The van der Waals surface area contributed by atoms with E-state index in [1.807, 2.05) is 0 Å². The van der Waals surface area contributed by atoms with Crippen molar-refractivity contribution in [1.82, 2.24) is 4.90 Å². The predicted molar refractivity (Wildman–Crippen MR) is 59.5 cm³/mol. The zero-order valence-corrected chi connectivity index (χ0v) is 9.41. The molecule has 0 unspecified atom stereocenters. The van der Waals surface area contributed by atoms with Crippen LogP contribution in [-0.2, 0) is 4.79 Å². The summed E-state index contributed by atoms with van der Waals surface area (Å²) in [4.78, 5) is 24.0. The minimum Gasteiger partial charge on any atom is -0.480 e. The van der Waals surface area contributed by atoms with Gasteiger partial charge in [0.15, 0.2) is 0 Å². The van der Waals surface area contributed by atoms with Gasteiger partial charge in [-0.25, -0.2) is 9.18 Å². The van der Waals surface area contributed by atoms with E-state index >= 15 is 0 Å². The molecule has 0 radical (unpaired) electrons. The molecule has 0 spiro atoms. The Balaban J connectivity index is 2.28. The van der Waals surface area contributed by atoms with Gasteiger partial charge >= 0.3 is 5.97 Å². The third kappa shape index (κ3) is 2.19. The number of halogens is 1. The number of carbonyl (C=O) groups excluding carboxylic acids is 1. The lowest BCUT2D eigenvalue weighted by Crippen LogP contribution is -2.40. The minimum atomic E-state index is -1.20. The number of aliphatic hydroxyl groups excluding tert-OH is 1. The van der Waals surface area contributed by atoms with E-state index in [4.69, 9.17) is 5.11 Å². The van der Waals surface area contributed by atoms with Gasteiger partial charge in [-0.1, -0.05) is 12.1 Å². The molecule has 1 amide bonds. The molecule has 1 aromatic carbocycles. The van der Waals surface area contributed by atoms with Crippen LogP contribution in [0.1, 0.15) is 16.8 Å². The van der Waals surface area contributed by atoms with Gasteiger partial charge in [-0.3, -0.25) is 4.79 Å². The zero-order chi connectivity index (χ0) is 13.3. The number of aliphatic carboxylic acids is 1. The van der Waals surface area contributed by atoms with E-state index in [1.54, 1.807) is 0 Å². The molecule has 1 aromatic rings. The van der Waals surface area contributed by atoms with Crippen molar-refractivity contribution in [1.29, 1.82) is 0 Å². The molecule has 18 heavy (non-hydrogen) atoms. The SMILES string of the molecule is O=C(O)[C@H]1C[C@@H](O)CN1C(=O)c1ccccc1F. The van der Waals surface area contributed by atoms with Gasteiger partial charge in [-0.15, -0.1) is 0 Å². The Morgan fingerprint density at radius 3 is 2.61 bits per heavy atom. The number of hydrogen-bond donors (Lipinski definition) is 2. The molecule has 6 heteroatoms. The largest absolute Gasteiger partial charge is 0.480 e. The molecule has 0 aliphatic carbocycles. The average Bonchev–Trinajstić information content (AvgIpc) is 2.71. The molecule has 2 atom stereocenters. The van der Waals surface area contributed by atoms with Gasteiger partial charge in [-0.2, -0.15) is 0 Å². The molecule has 0 aromatic heterocycles. The third-order valence-corrected chi connectivity index (χ3v) is 2.93. The van der Waals surface area contributed by atoms with Gasteiger partial charge in [0.25, 0.3) is 5.91 Å². The standard InChI is InChI=1S/C12H12FNO4/c13-9-4-2-1-3-8(9)11(16)14-6-7(15)5-10(14)12(17)18/h1-4,7,10,15H,5-6H2,(H,17,18)/t7-,10-/m1/s1. The van der Waals surface area contributed by atoms with Crippen LogP contribution in [0, 0.1) is 5.82 Å². The van der Waals surface area contributed by atoms with Gasteiger partial charge < -0.3 is 15.1 Å². The number of amides is 1. The Morgan fingerprint density at radius 2 is 2.00 bits per heavy atom. The fraction of sp³-hybridized carbons (Fsp3) is 0.333. The first-order valence-electron chi connectivity index (χ1n) is 5.47. The molecular formula is C12H12FNO4. The first-order valence-corrected chi connectivity index (χ1v) is 5.47. The van der Waals surface area contributed by atoms with Crippen LogP contribution in [-0.4, -0.2) is 45.7 Å². The molecule has 0 saturated carbocycles. The maximum absolute atomic E-state index is 13.5. The molecule has 1 saturated heterocycles. The molecule has 2 rings (SSSR count). The van der Waals surface area contributed by atoms with Crippen molar-refractivity contribution in [2.24, 2.45) is 0 Å². The quantitative estimate of drug-likeness (QED) is 0.804. The lowest BCUT2D eigenvalue weighted by atomic mass is 10.1. The topological polar surface area (TPSA) is 77.8 Å². The van der Waals surface area contributed by atoms with Crippen molar-refractivity contribution in [3.8, 4) is 0 Å². The van der Waals surface area contributed by atoms with E-state index in [2.05, 4.69) is 0 Å². The van der Waals surface area contributed by atoms with Crippen molar-refractivity contribution >= 4 is 11.9 Å². The number of rotatable bonds is 2. The Labute approximate surface area is 102 Å². The number of benzene rings is 1. The lowest BCUT2D eigenvalue weighted by molar-refractivity contribution is -0.141. The highest BCUT2D eigenvalue weighted by atomic mass is 19.1. The maximum atomic E-state index is 13.5. The summed E-state index contributed by atoms with van der Waals surface area (Å²) in [5.41, 5.74) is -0.183. The number of carboxylic acids is 1. The number of β-amino-alcohol motifs (C(OH)–C–C–N with tert-alkyl or cyclic N) is 1. The summed E-state index contributed by atoms with van der Waals surface area (Å²) >= 11 is 0. The Morgan fingerprint density at radius 1 is 1.33 bits per heavy atom. The minimum absolute atomic E-state index is 0.0322. The van der Waals surface area contributed by atoms with E-state index in [0.29, 0.717) is 0 Å². The van der Waals surface area contributed by atoms with E-state index in [9.17, 15) is 19.1 Å². The van der Waals surface area contributed by atoms with Crippen LogP contribution < -0.4 is 0 Å². The lowest BCUT2D eigenvalue weighted by Gasteiger charge is -2.21. The number of nitrogens with zero attached hydrogens (tertiary/aromatic N) is 1. The summed E-state index contributed by atoms with van der Waals surface area (Å²) < 4.78 is 13.5. The van der Waals surface area contributed by atoms with Gasteiger partial charge in [0.2, 0.25) is 0 Å². The van der Waals surface area contributed by atoms with Gasteiger partial charge in [-0.05, 0) is 12.1 Å². The van der Waals surface area contributed by atoms with Crippen LogP contribution in [0.5, 0.6) is 0 Å². The summed E-state index contributed by atoms with van der Waals surface area (Å²) in [5, 5.41) is 18.4. The number of carboxylic acid groups (broad SMARTS) is 1. The predicted octanol–water partition coefficient (Wildman–Crippen LogP) is 0.486. The highest BCUT2D eigenvalue weighted by Crippen LogP contribution is 2.21. The molecule has 1 aliphatic heterocycles. The van der Waals surface area contributed by atoms with Gasteiger partial charge in [0.05, 0.1) is 11.7 Å². The molecule has 96 valence electrons. The second-order valence-corrected chi connectivity index (χ2v) is 4.18. The molecule has 1 fully saturated rings. The van der Waals surface area contributed by atoms with Crippen molar-refractivity contribution in [2.75, 3.05) is 6.54 Å². The van der Waals surface area contributed by atoms with Gasteiger partial charge in [0, 0.05) is 13.0 Å². The fourth-order valence-electron chi connectivity index (χ4n) is 2.06. The first-order chi connectivity index (χ1) is 8.50. The molecule has 0 bridgehead atoms. The van der Waals surface area contributed by atoms with Crippen LogP contribution in [0.15, 0.2) is 24.3 Å². The number of hydrogen-bond acceptors (Lipinski definition) is 3. The molecule has 5 nitrogen and oxygen atoms in total. The summed E-state index contributed by atoms with van der Waals surface area (Å²) in [6.45, 7) is -0.0931. The van der Waals surface area contributed by atoms with Crippen LogP contribution in [0.25, 0.3) is 0 Å². The van der Waals surface area contributed by atoms with E-state index in [-0.39, 0.29) is 18.5 Å². The normalized spacial score (nSPS) is 23.1. The number of aliphatic hydroxyl groups is 1. The molecule has 1 aliphatic rings. The Bertz CT molecular complexity index is 491. The second-order valence-electron chi connectivity index (χ2n) is 4.18. The molecular weight excluding hydrogens is 241 g/mol. The van der Waals surface area contributed by atoms with E-state index in [1.165, 1.54) is 18.2 Å². The summed E-state index contributed by atoms with van der Waals surface area (Å²) in [6, 6.07) is 4.27. The van der Waals surface area contributed by atoms with Crippen molar-refractivity contribution in [3.63, 3.8) is 0 Å². The van der Waals surface area contributed by atoms with E-state index in [0.717, 1.165) is 11.0 Å².